The molecule has 1 fully saturated rings. The van der Waals surface area contributed by atoms with Crippen LogP contribution in [0.4, 0.5) is 4.79 Å². The number of hydrogen-bond acceptors (Lipinski definition) is 2. The molecule has 4 nitrogen and oxygen atoms in total. The number of allylic oxidation sites excluding steroid dienone is 1. The molecule has 0 aromatic rings. The third kappa shape index (κ3) is 5.75. The zero-order chi connectivity index (χ0) is 11.8. The largest absolute Gasteiger partial charge is 0.392 e. The summed E-state index contributed by atoms with van der Waals surface area (Å²) in [6.45, 7) is 1.92. The van der Waals surface area contributed by atoms with Crippen molar-refractivity contribution in [1.82, 2.24) is 10.6 Å². The standard InChI is InChI=1S/C12H22N2O2/c1-10(15)9-14-12(16)13-8-7-11-5-3-2-4-6-11/h7-8,10-11,15H,2-6,9H2,1H3,(H2,13,14,16)/b8-7+. The summed E-state index contributed by atoms with van der Waals surface area (Å²) >= 11 is 0. The summed E-state index contributed by atoms with van der Waals surface area (Å²) in [4.78, 5) is 11.2. The van der Waals surface area contributed by atoms with Gasteiger partial charge in [-0.15, -0.1) is 0 Å². The topological polar surface area (TPSA) is 61.4 Å². The number of hydrogen-bond donors (Lipinski definition) is 3. The zero-order valence-electron chi connectivity index (χ0n) is 9.91. The van der Waals surface area contributed by atoms with Crippen molar-refractivity contribution in [3.63, 3.8) is 0 Å². The fourth-order valence-electron chi connectivity index (χ4n) is 1.88. The Morgan fingerprint density at radius 2 is 2.12 bits per heavy atom. The first kappa shape index (κ1) is 13.0. The van der Waals surface area contributed by atoms with Crippen LogP contribution in [0.15, 0.2) is 12.3 Å². The number of aliphatic hydroxyl groups is 1. The van der Waals surface area contributed by atoms with Gasteiger partial charge in [-0.05, 0) is 25.7 Å². The summed E-state index contributed by atoms with van der Waals surface area (Å²) in [7, 11) is 0. The van der Waals surface area contributed by atoms with Crippen LogP contribution in [0.5, 0.6) is 0 Å². The van der Waals surface area contributed by atoms with Gasteiger partial charge in [0.25, 0.3) is 0 Å². The van der Waals surface area contributed by atoms with Gasteiger partial charge in [0.05, 0.1) is 6.10 Å². The molecule has 0 bridgehead atoms. The predicted molar refractivity (Wildman–Crippen MR) is 63.9 cm³/mol. The lowest BCUT2D eigenvalue weighted by molar-refractivity contribution is 0.188. The van der Waals surface area contributed by atoms with Crippen molar-refractivity contribution < 1.29 is 9.90 Å². The van der Waals surface area contributed by atoms with Gasteiger partial charge in [-0.2, -0.15) is 0 Å². The maximum atomic E-state index is 11.2. The number of nitrogens with one attached hydrogen (secondary N) is 2. The Morgan fingerprint density at radius 1 is 1.44 bits per heavy atom. The van der Waals surface area contributed by atoms with Crippen LogP contribution in [0, 0.1) is 5.92 Å². The van der Waals surface area contributed by atoms with E-state index in [1.807, 2.05) is 0 Å². The molecule has 92 valence electrons. The van der Waals surface area contributed by atoms with Gasteiger partial charge in [-0.3, -0.25) is 0 Å². The van der Waals surface area contributed by atoms with Crippen LogP contribution < -0.4 is 10.6 Å². The summed E-state index contributed by atoms with van der Waals surface area (Å²) in [6, 6.07) is -0.257. The Labute approximate surface area is 97.1 Å². The zero-order valence-corrected chi connectivity index (χ0v) is 9.91. The third-order valence-corrected chi connectivity index (χ3v) is 2.79. The SMILES string of the molecule is CC(O)CNC(=O)N/C=C/C1CCCCC1. The molecule has 1 aliphatic carbocycles. The minimum absolute atomic E-state index is 0.257. The first-order chi connectivity index (χ1) is 7.68. The van der Waals surface area contributed by atoms with Crippen LogP contribution in [0.3, 0.4) is 0 Å². The highest BCUT2D eigenvalue weighted by Gasteiger charge is 2.09. The van der Waals surface area contributed by atoms with Gasteiger partial charge >= 0.3 is 6.03 Å². The molecule has 0 saturated heterocycles. The van der Waals surface area contributed by atoms with Crippen LogP contribution in [-0.2, 0) is 0 Å². The van der Waals surface area contributed by atoms with Crippen molar-refractivity contribution in [2.45, 2.75) is 45.1 Å². The Kier molecular flexibility index (Phi) is 5.93. The molecule has 2 amide bonds. The molecule has 1 rings (SSSR count). The molecular weight excluding hydrogens is 204 g/mol. The second-order valence-corrected chi connectivity index (χ2v) is 4.46. The van der Waals surface area contributed by atoms with E-state index in [1.165, 1.54) is 32.1 Å². The highest BCUT2D eigenvalue weighted by Crippen LogP contribution is 2.24. The fraction of sp³-hybridized carbons (Fsp3) is 0.750. The molecule has 3 N–H and O–H groups in total. The molecule has 1 unspecified atom stereocenters. The van der Waals surface area contributed by atoms with Crippen molar-refractivity contribution in [3.05, 3.63) is 12.3 Å². The maximum absolute atomic E-state index is 11.2. The normalized spacial score (nSPS) is 19.6. The first-order valence-electron chi connectivity index (χ1n) is 6.07. The van der Waals surface area contributed by atoms with Crippen molar-refractivity contribution in [2.24, 2.45) is 5.92 Å². The van der Waals surface area contributed by atoms with Crippen molar-refractivity contribution in [2.75, 3.05) is 6.54 Å². The van der Waals surface area contributed by atoms with E-state index in [0.29, 0.717) is 5.92 Å². The van der Waals surface area contributed by atoms with Crippen LogP contribution in [0.1, 0.15) is 39.0 Å². The highest BCUT2D eigenvalue weighted by molar-refractivity contribution is 5.74. The molecule has 0 aromatic heterocycles. The predicted octanol–water partition coefficient (Wildman–Crippen LogP) is 1.76. The quantitative estimate of drug-likeness (QED) is 0.684. The smallest absolute Gasteiger partial charge is 0.318 e. The van der Waals surface area contributed by atoms with E-state index < -0.39 is 6.10 Å². The number of rotatable bonds is 4. The van der Waals surface area contributed by atoms with Crippen LogP contribution >= 0.6 is 0 Å². The third-order valence-electron chi connectivity index (χ3n) is 2.79. The molecule has 1 saturated carbocycles. The van der Waals surface area contributed by atoms with E-state index in [1.54, 1.807) is 13.1 Å². The van der Waals surface area contributed by atoms with Gasteiger partial charge in [-0.25, -0.2) is 4.79 Å². The number of amides is 2. The molecule has 0 radical (unpaired) electrons. The Hall–Kier alpha value is -1.03. The molecule has 1 aliphatic rings. The van der Waals surface area contributed by atoms with Crippen LogP contribution in [0.25, 0.3) is 0 Å². The number of aliphatic hydroxyl groups excluding tert-OH is 1. The van der Waals surface area contributed by atoms with Crippen molar-refractivity contribution in [1.29, 1.82) is 0 Å². The van der Waals surface area contributed by atoms with E-state index in [9.17, 15) is 4.79 Å². The average molecular weight is 226 g/mol. The lowest BCUT2D eigenvalue weighted by Gasteiger charge is -2.17. The van der Waals surface area contributed by atoms with Gasteiger partial charge in [-0.1, -0.05) is 25.3 Å². The van der Waals surface area contributed by atoms with Crippen molar-refractivity contribution in [3.8, 4) is 0 Å². The molecule has 0 aromatic carbocycles. The second-order valence-electron chi connectivity index (χ2n) is 4.46. The lowest BCUT2D eigenvalue weighted by atomic mass is 9.89. The lowest BCUT2D eigenvalue weighted by Crippen LogP contribution is -2.36. The van der Waals surface area contributed by atoms with Gasteiger partial charge in [0, 0.05) is 12.7 Å². The Balaban J connectivity index is 2.12. The summed E-state index contributed by atoms with van der Waals surface area (Å²) in [6.07, 6.45) is 9.67. The maximum Gasteiger partial charge on any atom is 0.318 e. The first-order valence-corrected chi connectivity index (χ1v) is 6.07. The monoisotopic (exact) mass is 226 g/mol. The molecule has 16 heavy (non-hydrogen) atoms. The van der Waals surface area contributed by atoms with E-state index in [4.69, 9.17) is 5.11 Å². The second kappa shape index (κ2) is 7.28. The van der Waals surface area contributed by atoms with Crippen molar-refractivity contribution >= 4 is 6.03 Å². The van der Waals surface area contributed by atoms with E-state index in [-0.39, 0.29) is 12.6 Å². The Bertz CT molecular complexity index is 233. The van der Waals surface area contributed by atoms with Crippen LogP contribution in [0.2, 0.25) is 0 Å². The molecular formula is C12H22N2O2. The minimum atomic E-state index is -0.506. The summed E-state index contributed by atoms with van der Waals surface area (Å²) in [5.41, 5.74) is 0. The number of carbonyl (C=O) groups is 1. The molecule has 4 heteroatoms. The van der Waals surface area contributed by atoms with E-state index in [2.05, 4.69) is 16.7 Å². The minimum Gasteiger partial charge on any atom is -0.392 e. The van der Waals surface area contributed by atoms with Gasteiger partial charge in [0.15, 0.2) is 0 Å². The van der Waals surface area contributed by atoms with Gasteiger partial charge in [0.2, 0.25) is 0 Å². The van der Waals surface area contributed by atoms with Gasteiger partial charge in [0.1, 0.15) is 0 Å². The van der Waals surface area contributed by atoms with E-state index in [0.717, 1.165) is 0 Å². The Morgan fingerprint density at radius 3 is 2.75 bits per heavy atom. The van der Waals surface area contributed by atoms with Gasteiger partial charge < -0.3 is 15.7 Å². The fourth-order valence-corrected chi connectivity index (χ4v) is 1.88. The molecule has 0 aliphatic heterocycles. The molecule has 1 atom stereocenters. The van der Waals surface area contributed by atoms with Crippen LogP contribution in [-0.4, -0.2) is 23.8 Å². The number of carbonyl (C=O) groups excluding carboxylic acids is 1. The highest BCUT2D eigenvalue weighted by atomic mass is 16.3. The summed E-state index contributed by atoms with van der Waals surface area (Å²) in [5, 5.41) is 14.2. The molecule has 0 heterocycles. The van der Waals surface area contributed by atoms with E-state index >= 15 is 0 Å². The average Bonchev–Trinajstić information content (AvgIpc) is 2.28. The molecule has 0 spiro atoms. The number of urea groups is 1. The summed E-state index contributed by atoms with van der Waals surface area (Å²) < 4.78 is 0. The summed E-state index contributed by atoms with van der Waals surface area (Å²) in [5.74, 6) is 0.616.